The molecule has 3 nitrogen and oxygen atoms in total. The number of aliphatic hydroxyl groups is 1. The Bertz CT molecular complexity index is 406. The molecule has 0 bridgehead atoms. The number of aliphatic hydroxyl groups excluding tert-OH is 1. The molecular formula is C9H10N2O. The fourth-order valence-electron chi connectivity index (χ4n) is 1.33. The van der Waals surface area contributed by atoms with Crippen LogP contribution in [0.25, 0.3) is 5.65 Å². The Labute approximate surface area is 70.3 Å². The van der Waals surface area contributed by atoms with Crippen molar-refractivity contribution >= 4 is 5.65 Å². The normalized spacial score (nSPS) is 10.8. The first-order valence-corrected chi connectivity index (χ1v) is 3.85. The van der Waals surface area contributed by atoms with E-state index in [2.05, 4.69) is 4.98 Å². The Morgan fingerprint density at radius 1 is 1.50 bits per heavy atom. The average molecular weight is 162 g/mol. The molecule has 0 fully saturated rings. The molecular weight excluding hydrogens is 152 g/mol. The van der Waals surface area contributed by atoms with Gasteiger partial charge in [0.2, 0.25) is 0 Å². The van der Waals surface area contributed by atoms with Crippen LogP contribution in [0.15, 0.2) is 24.5 Å². The first kappa shape index (κ1) is 7.31. The monoisotopic (exact) mass is 162 g/mol. The van der Waals surface area contributed by atoms with Crippen molar-refractivity contribution in [3.05, 3.63) is 35.8 Å². The van der Waals surface area contributed by atoms with E-state index in [-0.39, 0.29) is 6.61 Å². The molecule has 0 unspecified atom stereocenters. The molecule has 12 heavy (non-hydrogen) atoms. The summed E-state index contributed by atoms with van der Waals surface area (Å²) in [6.45, 7) is 2.05. The van der Waals surface area contributed by atoms with Crippen molar-refractivity contribution in [1.29, 1.82) is 0 Å². The predicted octanol–water partition coefficient (Wildman–Crippen LogP) is 1.14. The van der Waals surface area contributed by atoms with E-state index >= 15 is 0 Å². The second-order valence-electron chi connectivity index (χ2n) is 2.79. The Morgan fingerprint density at radius 3 is 3.08 bits per heavy atom. The number of aryl methyl sites for hydroxylation is 1. The van der Waals surface area contributed by atoms with E-state index in [1.165, 1.54) is 0 Å². The Hall–Kier alpha value is -1.35. The van der Waals surface area contributed by atoms with Gasteiger partial charge >= 0.3 is 0 Å². The molecule has 0 aliphatic heterocycles. The zero-order chi connectivity index (χ0) is 8.55. The zero-order valence-corrected chi connectivity index (χ0v) is 6.86. The van der Waals surface area contributed by atoms with E-state index in [1.54, 1.807) is 6.20 Å². The van der Waals surface area contributed by atoms with Gasteiger partial charge in [-0.05, 0) is 18.6 Å². The summed E-state index contributed by atoms with van der Waals surface area (Å²) in [5.41, 5.74) is 2.91. The lowest BCUT2D eigenvalue weighted by atomic mass is 10.2. The fraction of sp³-hybridized carbons (Fsp3) is 0.222. The Balaban J connectivity index is 2.82. The zero-order valence-electron chi connectivity index (χ0n) is 6.86. The number of hydrogen-bond acceptors (Lipinski definition) is 2. The molecule has 3 heteroatoms. The van der Waals surface area contributed by atoms with E-state index in [4.69, 9.17) is 5.11 Å². The molecule has 2 aromatic heterocycles. The lowest BCUT2D eigenvalue weighted by Crippen LogP contribution is -1.96. The van der Waals surface area contributed by atoms with Crippen molar-refractivity contribution in [2.75, 3.05) is 0 Å². The third kappa shape index (κ3) is 0.905. The van der Waals surface area contributed by atoms with E-state index in [1.807, 2.05) is 29.7 Å². The lowest BCUT2D eigenvalue weighted by molar-refractivity contribution is 0.275. The molecule has 1 N–H and O–H groups in total. The number of nitrogens with zero attached hydrogens (tertiary/aromatic N) is 2. The maximum atomic E-state index is 9.00. The maximum Gasteiger partial charge on any atom is 0.139 e. The first-order valence-electron chi connectivity index (χ1n) is 3.85. The molecule has 0 aromatic carbocycles. The van der Waals surface area contributed by atoms with Crippen LogP contribution in [0.5, 0.6) is 0 Å². The highest BCUT2D eigenvalue weighted by Gasteiger charge is 2.01. The first-order chi connectivity index (χ1) is 5.83. The number of fused-ring (bicyclic) bond motifs is 1. The third-order valence-corrected chi connectivity index (χ3v) is 1.99. The van der Waals surface area contributed by atoms with Gasteiger partial charge in [0.15, 0.2) is 0 Å². The van der Waals surface area contributed by atoms with Gasteiger partial charge in [-0.15, -0.1) is 0 Å². The number of rotatable bonds is 1. The van der Waals surface area contributed by atoms with Crippen molar-refractivity contribution < 1.29 is 5.11 Å². The van der Waals surface area contributed by atoms with Crippen LogP contribution < -0.4 is 0 Å². The van der Waals surface area contributed by atoms with Gasteiger partial charge in [-0.3, -0.25) is 0 Å². The van der Waals surface area contributed by atoms with Gasteiger partial charge < -0.3 is 9.51 Å². The highest BCUT2D eigenvalue weighted by molar-refractivity contribution is 5.48. The molecule has 0 atom stereocenters. The summed E-state index contributed by atoms with van der Waals surface area (Å²) in [6.07, 6.45) is 3.59. The van der Waals surface area contributed by atoms with Gasteiger partial charge in [0, 0.05) is 18.1 Å². The summed E-state index contributed by atoms with van der Waals surface area (Å²) in [7, 11) is 0. The van der Waals surface area contributed by atoms with Crippen LogP contribution in [0.2, 0.25) is 0 Å². The molecule has 2 aromatic rings. The van der Waals surface area contributed by atoms with Gasteiger partial charge in [-0.1, -0.05) is 6.07 Å². The van der Waals surface area contributed by atoms with Crippen LogP contribution in [-0.2, 0) is 6.61 Å². The minimum absolute atomic E-state index is 0.0487. The fourth-order valence-corrected chi connectivity index (χ4v) is 1.33. The van der Waals surface area contributed by atoms with E-state index in [0.717, 1.165) is 16.9 Å². The second kappa shape index (κ2) is 2.60. The van der Waals surface area contributed by atoms with Crippen LogP contribution in [0.1, 0.15) is 11.3 Å². The van der Waals surface area contributed by atoms with Crippen molar-refractivity contribution in [1.82, 2.24) is 9.38 Å². The summed E-state index contributed by atoms with van der Waals surface area (Å²) in [4.78, 5) is 4.18. The maximum absolute atomic E-state index is 9.00. The molecule has 0 saturated carbocycles. The van der Waals surface area contributed by atoms with Crippen LogP contribution in [0.4, 0.5) is 0 Å². The van der Waals surface area contributed by atoms with Crippen LogP contribution in [0, 0.1) is 6.92 Å². The molecule has 0 spiro atoms. The van der Waals surface area contributed by atoms with E-state index < -0.39 is 0 Å². The molecule has 62 valence electrons. The van der Waals surface area contributed by atoms with Gasteiger partial charge in [-0.25, -0.2) is 4.98 Å². The molecule has 2 rings (SSSR count). The third-order valence-electron chi connectivity index (χ3n) is 1.99. The Morgan fingerprint density at radius 2 is 2.33 bits per heavy atom. The highest BCUT2D eigenvalue weighted by atomic mass is 16.3. The summed E-state index contributed by atoms with van der Waals surface area (Å²) >= 11 is 0. The van der Waals surface area contributed by atoms with Crippen LogP contribution >= 0.6 is 0 Å². The number of pyridine rings is 1. The summed E-state index contributed by atoms with van der Waals surface area (Å²) in [5.74, 6) is 0. The van der Waals surface area contributed by atoms with Gasteiger partial charge in [0.05, 0.1) is 6.61 Å². The van der Waals surface area contributed by atoms with Crippen LogP contribution in [-0.4, -0.2) is 14.5 Å². The minimum atomic E-state index is 0.0487. The van der Waals surface area contributed by atoms with Crippen molar-refractivity contribution in [3.8, 4) is 0 Å². The van der Waals surface area contributed by atoms with Gasteiger partial charge in [0.1, 0.15) is 5.65 Å². The van der Waals surface area contributed by atoms with Crippen molar-refractivity contribution in [2.45, 2.75) is 13.5 Å². The van der Waals surface area contributed by atoms with Gasteiger partial charge in [-0.2, -0.15) is 0 Å². The van der Waals surface area contributed by atoms with Gasteiger partial charge in [0.25, 0.3) is 0 Å². The standard InChI is InChI=1S/C9H10N2O/c1-7-2-3-8(6-12)11-5-4-10-9(7)11/h2-5,12H,6H2,1H3. The number of imidazole rings is 1. The Kier molecular flexibility index (Phi) is 1.59. The van der Waals surface area contributed by atoms with E-state index in [0.29, 0.717) is 0 Å². The van der Waals surface area contributed by atoms with E-state index in [9.17, 15) is 0 Å². The quantitative estimate of drug-likeness (QED) is 0.682. The topological polar surface area (TPSA) is 37.5 Å². The highest BCUT2D eigenvalue weighted by Crippen LogP contribution is 2.10. The van der Waals surface area contributed by atoms with Crippen molar-refractivity contribution in [2.24, 2.45) is 0 Å². The van der Waals surface area contributed by atoms with Crippen molar-refractivity contribution in [3.63, 3.8) is 0 Å². The molecule has 0 aliphatic carbocycles. The number of hydrogen-bond donors (Lipinski definition) is 1. The SMILES string of the molecule is Cc1ccc(CO)n2ccnc12. The average Bonchev–Trinajstić information content (AvgIpc) is 2.54. The number of aromatic nitrogens is 2. The molecule has 0 amide bonds. The largest absolute Gasteiger partial charge is 0.390 e. The molecule has 0 radical (unpaired) electrons. The summed E-state index contributed by atoms with van der Waals surface area (Å²) in [6, 6.07) is 3.87. The summed E-state index contributed by atoms with van der Waals surface area (Å²) < 4.78 is 1.90. The smallest absolute Gasteiger partial charge is 0.139 e. The molecule has 2 heterocycles. The lowest BCUT2D eigenvalue weighted by Gasteiger charge is -2.02. The predicted molar refractivity (Wildman–Crippen MR) is 45.9 cm³/mol. The summed E-state index contributed by atoms with van der Waals surface area (Å²) in [5, 5.41) is 9.00. The molecule has 0 saturated heterocycles. The molecule has 0 aliphatic rings. The minimum Gasteiger partial charge on any atom is -0.390 e. The second-order valence-corrected chi connectivity index (χ2v) is 2.79. The van der Waals surface area contributed by atoms with Crippen LogP contribution in [0.3, 0.4) is 0 Å².